The molecular weight excluding hydrogens is 819 g/mol. The first-order valence-corrected chi connectivity index (χ1v) is 29.1. The molecule has 0 aromatic heterocycles. The fraction of sp³-hybridized carbons (Fsp3) is 0.932. The van der Waals surface area contributed by atoms with Gasteiger partial charge in [0.2, 0.25) is 0 Å². The van der Waals surface area contributed by atoms with Crippen molar-refractivity contribution in [1.29, 1.82) is 0 Å². The predicted molar refractivity (Wildman–Crippen MR) is 275 cm³/mol. The SMILES string of the molecule is C=C(C)N1CC2(C)OC(C)C3C4OC(C1)(C(COC(=O)CC(CCCCCCCCC)CCCCCCCCC)C4COC(=O)CC(CCCCCCCCC)CCCCCCCCC)C32. The van der Waals surface area contributed by atoms with Gasteiger partial charge in [-0.05, 0) is 58.3 Å². The third kappa shape index (κ3) is 18.0. The molecule has 8 unspecified atom stereocenters. The predicted octanol–water partition coefficient (Wildman–Crippen LogP) is 16.3. The number of piperidine rings is 1. The Hall–Kier alpha value is -1.60. The van der Waals surface area contributed by atoms with E-state index in [4.69, 9.17) is 18.9 Å². The Morgan fingerprint density at radius 3 is 1.35 bits per heavy atom. The second kappa shape index (κ2) is 31.6. The number of fused-ring (bicyclic) bond motifs is 2. The van der Waals surface area contributed by atoms with E-state index in [0.717, 1.165) is 37.9 Å². The van der Waals surface area contributed by atoms with Crippen LogP contribution in [-0.4, -0.2) is 66.6 Å². The van der Waals surface area contributed by atoms with Crippen molar-refractivity contribution in [3.63, 3.8) is 0 Å². The van der Waals surface area contributed by atoms with Crippen LogP contribution in [0.4, 0.5) is 0 Å². The minimum atomic E-state index is -0.560. The minimum Gasteiger partial charge on any atom is -0.465 e. The normalized spacial score (nSPS) is 26.5. The highest BCUT2D eigenvalue weighted by Gasteiger charge is 2.78. The molecule has 66 heavy (non-hydrogen) atoms. The fourth-order valence-electron chi connectivity index (χ4n) is 13.3. The van der Waals surface area contributed by atoms with Crippen LogP contribution >= 0.6 is 0 Å². The quantitative estimate of drug-likeness (QED) is 0.0447. The molecule has 0 radical (unpaired) electrons. The van der Waals surface area contributed by atoms with Crippen molar-refractivity contribution in [3.05, 3.63) is 12.3 Å². The highest BCUT2D eigenvalue weighted by molar-refractivity contribution is 5.70. The van der Waals surface area contributed by atoms with E-state index in [1.807, 2.05) is 0 Å². The second-order valence-electron chi connectivity index (χ2n) is 22.7. The van der Waals surface area contributed by atoms with Crippen molar-refractivity contribution in [3.8, 4) is 0 Å². The monoisotopic (exact) mass is 926 g/mol. The number of unbranched alkanes of at least 4 members (excludes halogenated alkanes) is 24. The lowest BCUT2D eigenvalue weighted by molar-refractivity contribution is -0.175. The summed E-state index contributed by atoms with van der Waals surface area (Å²) in [6.07, 6.45) is 41.6. The zero-order valence-corrected chi connectivity index (χ0v) is 44.6. The first-order valence-electron chi connectivity index (χ1n) is 29.1. The number of carbonyl (C=O) groups is 2. The lowest BCUT2D eigenvalue weighted by Gasteiger charge is -2.54. The van der Waals surface area contributed by atoms with Gasteiger partial charge in [-0.1, -0.05) is 214 Å². The average molecular weight is 927 g/mol. The molecule has 4 heterocycles. The molecule has 7 heteroatoms. The number of nitrogens with zero attached hydrogens (tertiary/aromatic N) is 1. The molecular formula is C59H107NO6. The van der Waals surface area contributed by atoms with Gasteiger partial charge in [-0.25, -0.2) is 0 Å². The average Bonchev–Trinajstić information content (AvgIpc) is 3.90. The van der Waals surface area contributed by atoms with E-state index >= 15 is 0 Å². The van der Waals surface area contributed by atoms with Gasteiger partial charge in [0.15, 0.2) is 0 Å². The Labute approximate surface area is 408 Å². The van der Waals surface area contributed by atoms with Gasteiger partial charge in [-0.2, -0.15) is 0 Å². The van der Waals surface area contributed by atoms with Crippen LogP contribution in [-0.2, 0) is 28.5 Å². The summed E-state index contributed by atoms with van der Waals surface area (Å²) in [7, 11) is 0. The second-order valence-corrected chi connectivity index (χ2v) is 22.7. The molecule has 2 bridgehead atoms. The lowest BCUT2D eigenvalue weighted by atomic mass is 9.56. The van der Waals surface area contributed by atoms with Gasteiger partial charge in [-0.3, -0.25) is 9.59 Å². The van der Waals surface area contributed by atoms with Crippen molar-refractivity contribution < 1.29 is 28.5 Å². The van der Waals surface area contributed by atoms with Crippen LogP contribution in [0.15, 0.2) is 12.3 Å². The number of likely N-dealkylation sites (tertiary alicyclic amines) is 1. The van der Waals surface area contributed by atoms with Crippen molar-refractivity contribution in [2.24, 2.45) is 35.5 Å². The maximum atomic E-state index is 14.1. The number of ether oxygens (including phenoxy) is 4. The van der Waals surface area contributed by atoms with Crippen LogP contribution in [0.25, 0.3) is 0 Å². The largest absolute Gasteiger partial charge is 0.465 e. The van der Waals surface area contributed by atoms with Crippen LogP contribution < -0.4 is 0 Å². The summed E-state index contributed by atoms with van der Waals surface area (Å²) < 4.78 is 27.1. The third-order valence-electron chi connectivity index (χ3n) is 17.0. The molecule has 0 aromatic carbocycles. The van der Waals surface area contributed by atoms with Crippen molar-refractivity contribution in [1.82, 2.24) is 4.90 Å². The zero-order chi connectivity index (χ0) is 47.6. The molecule has 0 amide bonds. The summed E-state index contributed by atoms with van der Waals surface area (Å²) in [6.45, 7) is 22.2. The Morgan fingerprint density at radius 2 is 0.955 bits per heavy atom. The molecule has 0 N–H and O–H groups in total. The number of hydrogen-bond acceptors (Lipinski definition) is 7. The summed E-state index contributed by atoms with van der Waals surface area (Å²) in [4.78, 5) is 30.4. The topological polar surface area (TPSA) is 74.3 Å². The van der Waals surface area contributed by atoms with Gasteiger partial charge in [0, 0.05) is 55.3 Å². The molecule has 8 atom stereocenters. The van der Waals surface area contributed by atoms with E-state index in [9.17, 15) is 9.59 Å². The summed E-state index contributed by atoms with van der Waals surface area (Å²) in [5.41, 5.74) is 0.0555. The summed E-state index contributed by atoms with van der Waals surface area (Å²) in [5.74, 6) is 0.878. The highest BCUT2D eigenvalue weighted by Crippen LogP contribution is 2.67. The van der Waals surface area contributed by atoms with Crippen LogP contribution in [0.2, 0.25) is 0 Å². The van der Waals surface area contributed by atoms with E-state index in [1.165, 1.54) is 180 Å². The smallest absolute Gasteiger partial charge is 0.306 e. The Balaban J connectivity index is 1.43. The van der Waals surface area contributed by atoms with Gasteiger partial charge in [0.05, 0.1) is 36.6 Å². The van der Waals surface area contributed by atoms with Crippen LogP contribution in [0, 0.1) is 35.5 Å². The molecule has 4 fully saturated rings. The Bertz CT molecular complexity index is 1300. The van der Waals surface area contributed by atoms with Crippen LogP contribution in [0.3, 0.4) is 0 Å². The molecule has 384 valence electrons. The summed E-state index contributed by atoms with van der Waals surface area (Å²) >= 11 is 0. The van der Waals surface area contributed by atoms with Gasteiger partial charge >= 0.3 is 11.9 Å². The lowest BCUT2D eigenvalue weighted by Crippen LogP contribution is -2.67. The van der Waals surface area contributed by atoms with E-state index < -0.39 is 11.2 Å². The molecule has 4 aliphatic heterocycles. The number of esters is 2. The highest BCUT2D eigenvalue weighted by atomic mass is 16.6. The molecule has 1 spiro atoms. The number of hydrogen-bond donors (Lipinski definition) is 0. The van der Waals surface area contributed by atoms with Gasteiger partial charge in [-0.15, -0.1) is 0 Å². The van der Waals surface area contributed by atoms with Gasteiger partial charge < -0.3 is 23.8 Å². The van der Waals surface area contributed by atoms with Crippen molar-refractivity contribution in [2.45, 2.75) is 290 Å². The zero-order valence-electron chi connectivity index (χ0n) is 44.6. The summed E-state index contributed by atoms with van der Waals surface area (Å²) in [5, 5.41) is 0. The van der Waals surface area contributed by atoms with Gasteiger partial charge in [0.1, 0.15) is 0 Å². The molecule has 4 rings (SSSR count). The molecule has 7 nitrogen and oxygen atoms in total. The Morgan fingerprint density at radius 1 is 0.576 bits per heavy atom. The third-order valence-corrected chi connectivity index (χ3v) is 17.0. The first kappa shape index (κ1) is 57.0. The Kier molecular flexibility index (Phi) is 27.3. The maximum Gasteiger partial charge on any atom is 0.306 e. The summed E-state index contributed by atoms with van der Waals surface area (Å²) in [6, 6.07) is 0. The fourth-order valence-corrected chi connectivity index (χ4v) is 13.3. The molecule has 0 saturated carbocycles. The maximum absolute atomic E-state index is 14.1. The first-order chi connectivity index (χ1) is 32.0. The minimum absolute atomic E-state index is 0.0334. The van der Waals surface area contributed by atoms with Crippen LogP contribution in [0.1, 0.15) is 267 Å². The molecule has 0 aromatic rings. The molecule has 4 aliphatic rings. The van der Waals surface area contributed by atoms with E-state index in [-0.39, 0.29) is 47.8 Å². The van der Waals surface area contributed by atoms with Gasteiger partial charge in [0.25, 0.3) is 0 Å². The van der Waals surface area contributed by atoms with E-state index in [2.05, 4.69) is 59.9 Å². The standard InChI is InChI=1S/C59H107NO6/c1-9-13-17-21-25-29-33-37-49(38-34-30-26-22-18-14-10-2)41-53(61)63-43-51-52(59-46-60(47(5)6)45-58(8)57(59)55(48(7)65-58)56(51)66-59)44-64-54(62)42-50(39-35-31-27-23-19-15-11-3)40-36-32-28-24-20-16-12-4/h48-52,55-57H,5,9-46H2,1-4,6-8H3. The molecule has 4 saturated heterocycles. The van der Waals surface area contributed by atoms with Crippen molar-refractivity contribution in [2.75, 3.05) is 26.3 Å². The molecule has 0 aliphatic carbocycles. The van der Waals surface area contributed by atoms with Crippen LogP contribution in [0.5, 0.6) is 0 Å². The number of rotatable bonds is 41. The van der Waals surface area contributed by atoms with E-state index in [1.54, 1.807) is 0 Å². The van der Waals surface area contributed by atoms with E-state index in [0.29, 0.717) is 44.4 Å². The number of carbonyl (C=O) groups excluding carboxylic acids is 2. The van der Waals surface area contributed by atoms with Crippen molar-refractivity contribution >= 4 is 11.9 Å². The number of allylic oxidation sites excluding steroid dienone is 1.